The van der Waals surface area contributed by atoms with Crippen molar-refractivity contribution in [1.29, 1.82) is 0 Å². The first-order chi connectivity index (χ1) is 4.20. The van der Waals surface area contributed by atoms with Gasteiger partial charge in [-0.1, -0.05) is 0 Å². The molecular formula is C4H7ClO4. The van der Waals surface area contributed by atoms with Crippen LogP contribution in [0.15, 0.2) is 0 Å². The van der Waals surface area contributed by atoms with E-state index in [2.05, 4.69) is 4.74 Å². The Bertz CT molecular complexity index is 90.6. The summed E-state index contributed by atoms with van der Waals surface area (Å²) < 4.78 is 4.18. The second-order valence-electron chi connectivity index (χ2n) is 1.34. The Balaban J connectivity index is 3.43. The number of carbonyl (C=O) groups excluding carboxylic acids is 1. The first-order valence-corrected chi connectivity index (χ1v) is 2.66. The van der Waals surface area contributed by atoms with Gasteiger partial charge in [0.2, 0.25) is 0 Å². The zero-order chi connectivity index (χ0) is 7.28. The predicted octanol–water partition coefficient (Wildman–Crippen LogP) is -0.285. The largest absolute Gasteiger partial charge is 0.445 e. The molecule has 0 atom stereocenters. The highest BCUT2D eigenvalue weighted by Gasteiger charge is 2.08. The van der Waals surface area contributed by atoms with Gasteiger partial charge in [0.1, 0.15) is 6.10 Å². The minimum atomic E-state index is -1.02. The summed E-state index contributed by atoms with van der Waals surface area (Å²) in [4.78, 5) is 9.89. The summed E-state index contributed by atoms with van der Waals surface area (Å²) in [7, 11) is 0. The smallest absolute Gasteiger partial charge is 0.404 e. The van der Waals surface area contributed by atoms with Crippen molar-refractivity contribution in [3.8, 4) is 0 Å². The molecule has 0 rings (SSSR count). The molecule has 0 aliphatic carbocycles. The van der Waals surface area contributed by atoms with E-state index in [4.69, 9.17) is 21.8 Å². The standard InChI is InChI=1S/C4H7ClO4/c5-4(8)9-3(1-6)2-7/h3,6-7H,1-2H2. The Morgan fingerprint density at radius 2 is 2.00 bits per heavy atom. The Labute approximate surface area is 57.0 Å². The molecule has 0 aromatic rings. The van der Waals surface area contributed by atoms with Crippen molar-refractivity contribution in [1.82, 2.24) is 0 Å². The molecule has 0 aromatic carbocycles. The molecule has 2 N–H and O–H groups in total. The van der Waals surface area contributed by atoms with Gasteiger partial charge in [0.25, 0.3) is 0 Å². The summed E-state index contributed by atoms with van der Waals surface area (Å²) in [5, 5.41) is 16.6. The molecule has 0 heterocycles. The minimum absolute atomic E-state index is 0.422. The topological polar surface area (TPSA) is 66.8 Å². The van der Waals surface area contributed by atoms with E-state index in [1.54, 1.807) is 0 Å². The van der Waals surface area contributed by atoms with Crippen molar-refractivity contribution in [2.75, 3.05) is 13.2 Å². The zero-order valence-corrected chi connectivity index (χ0v) is 5.34. The van der Waals surface area contributed by atoms with Crippen LogP contribution in [0.1, 0.15) is 0 Å². The molecule has 5 heteroatoms. The van der Waals surface area contributed by atoms with Crippen molar-refractivity contribution in [3.63, 3.8) is 0 Å². The van der Waals surface area contributed by atoms with Crippen LogP contribution in [0.3, 0.4) is 0 Å². The van der Waals surface area contributed by atoms with Gasteiger partial charge in [-0.15, -0.1) is 0 Å². The normalized spacial score (nSPS) is 9.78. The van der Waals surface area contributed by atoms with E-state index in [0.29, 0.717) is 0 Å². The molecule has 0 saturated heterocycles. The lowest BCUT2D eigenvalue weighted by molar-refractivity contribution is 0.0343. The minimum Gasteiger partial charge on any atom is -0.445 e. The number of aliphatic hydroxyl groups excluding tert-OH is 2. The first kappa shape index (κ1) is 8.68. The summed E-state index contributed by atoms with van der Waals surface area (Å²) >= 11 is 4.75. The van der Waals surface area contributed by atoms with Crippen LogP contribution in [0.25, 0.3) is 0 Å². The SMILES string of the molecule is O=C(Cl)OC(CO)CO. The van der Waals surface area contributed by atoms with Crippen LogP contribution in [0, 0.1) is 0 Å². The van der Waals surface area contributed by atoms with Gasteiger partial charge in [-0.3, -0.25) is 0 Å². The predicted molar refractivity (Wildman–Crippen MR) is 30.3 cm³/mol. The van der Waals surface area contributed by atoms with E-state index in [1.165, 1.54) is 0 Å². The van der Waals surface area contributed by atoms with E-state index in [0.717, 1.165) is 0 Å². The van der Waals surface area contributed by atoms with Crippen LogP contribution in [0.2, 0.25) is 0 Å². The van der Waals surface area contributed by atoms with Crippen molar-refractivity contribution >= 4 is 17.0 Å². The second-order valence-corrected chi connectivity index (χ2v) is 1.65. The summed E-state index contributed by atoms with van der Waals surface area (Å²) in [5.74, 6) is 0. The van der Waals surface area contributed by atoms with Crippen molar-refractivity contribution in [2.24, 2.45) is 0 Å². The maximum absolute atomic E-state index is 9.89. The van der Waals surface area contributed by atoms with Crippen LogP contribution in [-0.4, -0.2) is 35.0 Å². The van der Waals surface area contributed by atoms with Gasteiger partial charge < -0.3 is 14.9 Å². The monoisotopic (exact) mass is 154 g/mol. The lowest BCUT2D eigenvalue weighted by atomic mass is 10.4. The van der Waals surface area contributed by atoms with Gasteiger partial charge in [-0.2, -0.15) is 0 Å². The fourth-order valence-corrected chi connectivity index (χ4v) is 0.389. The zero-order valence-electron chi connectivity index (χ0n) is 4.58. The third-order valence-corrected chi connectivity index (χ3v) is 0.756. The molecule has 0 unspecified atom stereocenters. The number of hydrogen-bond acceptors (Lipinski definition) is 4. The number of rotatable bonds is 3. The average molecular weight is 155 g/mol. The summed E-state index contributed by atoms with van der Waals surface area (Å²) in [5.41, 5.74) is -1.02. The van der Waals surface area contributed by atoms with Gasteiger partial charge >= 0.3 is 5.43 Å². The average Bonchev–Trinajstić information content (AvgIpc) is 1.82. The Morgan fingerprint density at radius 1 is 1.56 bits per heavy atom. The number of ether oxygens (including phenoxy) is 1. The van der Waals surface area contributed by atoms with Crippen LogP contribution >= 0.6 is 11.6 Å². The Kier molecular flexibility index (Phi) is 4.39. The van der Waals surface area contributed by atoms with Gasteiger partial charge in [-0.05, 0) is 0 Å². The quantitative estimate of drug-likeness (QED) is 0.549. The molecule has 4 nitrogen and oxygen atoms in total. The highest BCUT2D eigenvalue weighted by molar-refractivity contribution is 6.61. The van der Waals surface area contributed by atoms with Crippen LogP contribution in [0.4, 0.5) is 4.79 Å². The molecular weight excluding hydrogens is 147 g/mol. The van der Waals surface area contributed by atoms with E-state index in [-0.39, 0.29) is 0 Å². The van der Waals surface area contributed by atoms with Crippen LogP contribution in [-0.2, 0) is 4.74 Å². The lowest BCUT2D eigenvalue weighted by Gasteiger charge is -2.08. The van der Waals surface area contributed by atoms with Gasteiger partial charge in [0.05, 0.1) is 13.2 Å². The molecule has 0 radical (unpaired) electrons. The van der Waals surface area contributed by atoms with Crippen molar-refractivity contribution < 1.29 is 19.7 Å². The molecule has 9 heavy (non-hydrogen) atoms. The molecule has 0 saturated carbocycles. The maximum atomic E-state index is 9.89. The fourth-order valence-electron chi connectivity index (χ4n) is 0.263. The molecule has 0 bridgehead atoms. The van der Waals surface area contributed by atoms with Crippen molar-refractivity contribution in [2.45, 2.75) is 6.10 Å². The van der Waals surface area contributed by atoms with E-state index in [9.17, 15) is 4.79 Å². The highest BCUT2D eigenvalue weighted by atomic mass is 35.5. The fraction of sp³-hybridized carbons (Fsp3) is 0.750. The van der Waals surface area contributed by atoms with E-state index >= 15 is 0 Å². The lowest BCUT2D eigenvalue weighted by Crippen LogP contribution is -2.22. The molecule has 0 amide bonds. The number of aliphatic hydroxyl groups is 2. The van der Waals surface area contributed by atoms with E-state index < -0.39 is 24.7 Å². The van der Waals surface area contributed by atoms with Gasteiger partial charge in [0.15, 0.2) is 0 Å². The maximum Gasteiger partial charge on any atom is 0.404 e. The number of halogens is 1. The summed E-state index contributed by atoms with van der Waals surface area (Å²) in [6, 6.07) is 0. The number of hydrogen-bond donors (Lipinski definition) is 2. The molecule has 54 valence electrons. The van der Waals surface area contributed by atoms with Crippen molar-refractivity contribution in [3.05, 3.63) is 0 Å². The van der Waals surface area contributed by atoms with Gasteiger partial charge in [-0.25, -0.2) is 4.79 Å². The highest BCUT2D eigenvalue weighted by Crippen LogP contribution is 1.94. The molecule has 0 spiro atoms. The molecule has 0 aliphatic rings. The first-order valence-electron chi connectivity index (χ1n) is 2.28. The molecule has 0 fully saturated rings. The third-order valence-electron chi connectivity index (χ3n) is 0.667. The van der Waals surface area contributed by atoms with Crippen LogP contribution in [0.5, 0.6) is 0 Å². The molecule has 0 aromatic heterocycles. The van der Waals surface area contributed by atoms with Crippen LogP contribution < -0.4 is 0 Å². The Morgan fingerprint density at radius 3 is 2.11 bits per heavy atom. The third kappa shape index (κ3) is 4.20. The number of carbonyl (C=O) groups is 1. The van der Waals surface area contributed by atoms with E-state index in [1.807, 2.05) is 0 Å². The van der Waals surface area contributed by atoms with Gasteiger partial charge in [0, 0.05) is 11.6 Å². The molecule has 0 aliphatic heterocycles. The Hall–Kier alpha value is -0.320. The summed E-state index contributed by atoms with van der Waals surface area (Å²) in [6.45, 7) is -0.843. The summed E-state index contributed by atoms with van der Waals surface area (Å²) in [6.07, 6.45) is -0.894. The second kappa shape index (κ2) is 4.55.